The van der Waals surface area contributed by atoms with Gasteiger partial charge in [0.2, 0.25) is 5.91 Å². The Morgan fingerprint density at radius 3 is 2.37 bits per heavy atom. The lowest BCUT2D eigenvalue weighted by molar-refractivity contribution is -0.126. The molecule has 1 fully saturated rings. The van der Waals surface area contributed by atoms with Crippen molar-refractivity contribution in [1.29, 1.82) is 0 Å². The van der Waals surface area contributed by atoms with Gasteiger partial charge >= 0.3 is 0 Å². The van der Waals surface area contributed by atoms with E-state index in [9.17, 15) is 4.79 Å². The number of imidazole rings is 1. The first-order valence-corrected chi connectivity index (χ1v) is 9.58. The number of aromatic nitrogens is 2. The fourth-order valence-electron chi connectivity index (χ4n) is 3.93. The van der Waals surface area contributed by atoms with Crippen molar-refractivity contribution >= 4 is 5.91 Å². The average Bonchev–Trinajstić information content (AvgIpc) is 3.24. The molecular formula is C23H25N3O. The number of benzene rings is 2. The van der Waals surface area contributed by atoms with Crippen molar-refractivity contribution in [3.8, 4) is 11.3 Å². The third-order valence-corrected chi connectivity index (χ3v) is 5.36. The Balaban J connectivity index is 1.60. The van der Waals surface area contributed by atoms with E-state index >= 15 is 0 Å². The largest absolute Gasteiger partial charge is 0.345 e. The molecule has 2 heterocycles. The Bertz CT molecular complexity index is 902. The van der Waals surface area contributed by atoms with Gasteiger partial charge in [-0.05, 0) is 18.4 Å². The predicted molar refractivity (Wildman–Crippen MR) is 107 cm³/mol. The Morgan fingerprint density at radius 1 is 1.00 bits per heavy atom. The van der Waals surface area contributed by atoms with Crippen LogP contribution in [0.1, 0.15) is 17.7 Å². The van der Waals surface area contributed by atoms with Gasteiger partial charge < -0.3 is 9.47 Å². The molecule has 1 amide bonds. The molecule has 0 bridgehead atoms. The molecule has 1 aliphatic heterocycles. The molecule has 4 nitrogen and oxygen atoms in total. The summed E-state index contributed by atoms with van der Waals surface area (Å²) in [5.74, 6) is 0.602. The number of nitrogens with zero attached hydrogens (tertiary/aromatic N) is 3. The summed E-state index contributed by atoms with van der Waals surface area (Å²) in [5.41, 5.74) is 4.80. The molecule has 1 saturated heterocycles. The maximum Gasteiger partial charge on any atom is 0.222 e. The van der Waals surface area contributed by atoms with Gasteiger partial charge in [-0.2, -0.15) is 0 Å². The van der Waals surface area contributed by atoms with E-state index in [4.69, 9.17) is 4.98 Å². The van der Waals surface area contributed by atoms with Gasteiger partial charge in [-0.15, -0.1) is 0 Å². The number of amides is 1. The highest BCUT2D eigenvalue weighted by molar-refractivity contribution is 5.78. The third-order valence-electron chi connectivity index (χ3n) is 5.36. The topological polar surface area (TPSA) is 38.1 Å². The third kappa shape index (κ3) is 3.95. The average molecular weight is 359 g/mol. The van der Waals surface area contributed by atoms with E-state index in [0.29, 0.717) is 12.3 Å². The summed E-state index contributed by atoms with van der Waals surface area (Å²) in [6, 6.07) is 21.0. The smallest absolute Gasteiger partial charge is 0.222 e. The molecular weight excluding hydrogens is 334 g/mol. The van der Waals surface area contributed by atoms with Crippen LogP contribution in [0, 0.1) is 5.92 Å². The monoisotopic (exact) mass is 359 g/mol. The van der Waals surface area contributed by atoms with E-state index in [2.05, 4.69) is 59.2 Å². The Hall–Kier alpha value is -2.88. The highest BCUT2D eigenvalue weighted by Crippen LogP contribution is 2.26. The fraction of sp³-hybridized carbons (Fsp3) is 0.304. The van der Waals surface area contributed by atoms with Crippen LogP contribution in [0.3, 0.4) is 0 Å². The predicted octanol–water partition coefficient (Wildman–Crippen LogP) is 3.81. The van der Waals surface area contributed by atoms with Crippen molar-refractivity contribution in [2.24, 2.45) is 5.92 Å². The van der Waals surface area contributed by atoms with Crippen molar-refractivity contribution < 1.29 is 4.79 Å². The van der Waals surface area contributed by atoms with Crippen molar-refractivity contribution in [3.63, 3.8) is 0 Å². The Morgan fingerprint density at radius 2 is 1.70 bits per heavy atom. The summed E-state index contributed by atoms with van der Waals surface area (Å²) in [5, 5.41) is 0. The van der Waals surface area contributed by atoms with E-state index in [1.807, 2.05) is 24.3 Å². The van der Waals surface area contributed by atoms with Gasteiger partial charge in [-0.3, -0.25) is 4.79 Å². The van der Waals surface area contributed by atoms with Gasteiger partial charge in [-0.25, -0.2) is 4.98 Å². The lowest BCUT2D eigenvalue weighted by Gasteiger charge is -2.15. The molecule has 0 saturated carbocycles. The molecule has 1 aromatic heterocycles. The van der Waals surface area contributed by atoms with Crippen LogP contribution < -0.4 is 0 Å². The molecule has 0 radical (unpaired) electrons. The fourth-order valence-corrected chi connectivity index (χ4v) is 3.93. The molecule has 1 aliphatic rings. The van der Waals surface area contributed by atoms with E-state index in [0.717, 1.165) is 37.2 Å². The molecule has 4 rings (SSSR count). The van der Waals surface area contributed by atoms with Gasteiger partial charge in [-0.1, -0.05) is 60.7 Å². The van der Waals surface area contributed by atoms with Gasteiger partial charge in [0.25, 0.3) is 0 Å². The van der Waals surface area contributed by atoms with Crippen LogP contribution >= 0.6 is 0 Å². The summed E-state index contributed by atoms with van der Waals surface area (Å²) in [7, 11) is 1.89. The number of carbonyl (C=O) groups is 1. The Kier molecular flexibility index (Phi) is 5.05. The van der Waals surface area contributed by atoms with E-state index in [1.165, 1.54) is 11.3 Å². The molecule has 1 unspecified atom stereocenters. The van der Waals surface area contributed by atoms with Crippen LogP contribution in [0.2, 0.25) is 0 Å². The standard InChI is InChI=1S/C23H25N3O/c1-25-15-19(14-22(25)27)16-26-17-24-23(20-10-6-3-7-11-20)21(26)13-12-18-8-4-2-5-9-18/h2-11,17,19H,12-16H2,1H3. The quantitative estimate of drug-likeness (QED) is 0.671. The van der Waals surface area contributed by atoms with Crippen molar-refractivity contribution in [3.05, 3.63) is 78.2 Å². The molecule has 27 heavy (non-hydrogen) atoms. The minimum atomic E-state index is 0.245. The van der Waals surface area contributed by atoms with Crippen LogP contribution in [0.5, 0.6) is 0 Å². The molecule has 1 atom stereocenters. The van der Waals surface area contributed by atoms with Crippen molar-refractivity contribution in [2.75, 3.05) is 13.6 Å². The maximum absolute atomic E-state index is 11.9. The van der Waals surface area contributed by atoms with Gasteiger partial charge in [0, 0.05) is 43.7 Å². The number of rotatable bonds is 6. The number of likely N-dealkylation sites (tertiary alicyclic amines) is 1. The lowest BCUT2D eigenvalue weighted by Crippen LogP contribution is -2.20. The second-order valence-corrected chi connectivity index (χ2v) is 7.39. The number of carbonyl (C=O) groups excluding carboxylic acids is 1. The zero-order chi connectivity index (χ0) is 18.6. The van der Waals surface area contributed by atoms with Crippen LogP contribution in [0.25, 0.3) is 11.3 Å². The molecule has 0 N–H and O–H groups in total. The van der Waals surface area contributed by atoms with Crippen LogP contribution in [-0.2, 0) is 24.2 Å². The normalized spacial score (nSPS) is 16.9. The molecule has 0 spiro atoms. The minimum Gasteiger partial charge on any atom is -0.345 e. The Labute approximate surface area is 160 Å². The van der Waals surface area contributed by atoms with Gasteiger partial charge in [0.05, 0.1) is 12.0 Å². The van der Waals surface area contributed by atoms with Gasteiger partial charge in [0.1, 0.15) is 0 Å². The highest BCUT2D eigenvalue weighted by Gasteiger charge is 2.27. The van der Waals surface area contributed by atoms with E-state index < -0.39 is 0 Å². The van der Waals surface area contributed by atoms with E-state index in [1.54, 1.807) is 0 Å². The van der Waals surface area contributed by atoms with Crippen molar-refractivity contribution in [1.82, 2.24) is 14.5 Å². The minimum absolute atomic E-state index is 0.245. The highest BCUT2D eigenvalue weighted by atomic mass is 16.2. The van der Waals surface area contributed by atoms with Gasteiger partial charge in [0.15, 0.2) is 0 Å². The van der Waals surface area contributed by atoms with Crippen LogP contribution in [-0.4, -0.2) is 34.0 Å². The molecule has 2 aromatic carbocycles. The summed E-state index contributed by atoms with van der Waals surface area (Å²) >= 11 is 0. The first-order chi connectivity index (χ1) is 13.2. The first-order valence-electron chi connectivity index (χ1n) is 9.58. The summed E-state index contributed by atoms with van der Waals surface area (Å²) in [4.78, 5) is 18.5. The van der Waals surface area contributed by atoms with Crippen LogP contribution in [0.4, 0.5) is 0 Å². The summed E-state index contributed by atoms with van der Waals surface area (Å²) < 4.78 is 2.27. The molecule has 3 aromatic rings. The summed E-state index contributed by atoms with van der Waals surface area (Å²) in [6.45, 7) is 1.68. The number of hydrogen-bond acceptors (Lipinski definition) is 2. The molecule has 4 heteroatoms. The second-order valence-electron chi connectivity index (χ2n) is 7.39. The summed E-state index contributed by atoms with van der Waals surface area (Å²) in [6.07, 6.45) is 4.50. The number of hydrogen-bond donors (Lipinski definition) is 0. The second kappa shape index (κ2) is 7.78. The first kappa shape index (κ1) is 17.5. The lowest BCUT2D eigenvalue weighted by atomic mass is 10.0. The molecule has 138 valence electrons. The van der Waals surface area contributed by atoms with Crippen LogP contribution in [0.15, 0.2) is 67.0 Å². The zero-order valence-electron chi connectivity index (χ0n) is 15.7. The van der Waals surface area contributed by atoms with E-state index in [-0.39, 0.29) is 5.91 Å². The maximum atomic E-state index is 11.9. The number of aryl methyl sites for hydroxylation is 1. The van der Waals surface area contributed by atoms with Crippen molar-refractivity contribution in [2.45, 2.75) is 25.8 Å². The molecule has 0 aliphatic carbocycles. The SMILES string of the molecule is CN1CC(Cn2cnc(-c3ccccc3)c2CCc2ccccc2)CC1=O. The zero-order valence-corrected chi connectivity index (χ0v) is 15.7.